The number of carbonyl (C=O) groups is 1. The van der Waals surface area contributed by atoms with Crippen LogP contribution in [-0.2, 0) is 6.54 Å². The van der Waals surface area contributed by atoms with E-state index in [0.29, 0.717) is 6.54 Å². The Morgan fingerprint density at radius 2 is 2.09 bits per heavy atom. The van der Waals surface area contributed by atoms with Crippen LogP contribution in [0.25, 0.3) is 0 Å². The summed E-state index contributed by atoms with van der Waals surface area (Å²) in [7, 11) is 2.14. The second-order valence-corrected chi connectivity index (χ2v) is 6.42. The van der Waals surface area contributed by atoms with E-state index < -0.39 is 0 Å². The summed E-state index contributed by atoms with van der Waals surface area (Å²) in [5, 5.41) is 4.82. The molecule has 22 heavy (non-hydrogen) atoms. The topological polar surface area (TPSA) is 48.5 Å². The maximum absolute atomic E-state index is 11.9. The lowest BCUT2D eigenvalue weighted by Crippen LogP contribution is -2.44. The van der Waals surface area contributed by atoms with Gasteiger partial charge in [0.1, 0.15) is 5.82 Å². The zero-order valence-corrected chi connectivity index (χ0v) is 13.5. The highest BCUT2D eigenvalue weighted by Gasteiger charge is 2.15. The summed E-state index contributed by atoms with van der Waals surface area (Å²) in [6.45, 7) is 4.67. The molecule has 0 spiro atoms. The monoisotopic (exact) mass is 316 g/mol. The molecule has 1 saturated heterocycles. The molecule has 116 valence electrons. The van der Waals surface area contributed by atoms with Gasteiger partial charge in [-0.2, -0.15) is 0 Å². The Hall–Kier alpha value is -1.92. The molecule has 0 aromatic carbocycles. The second-order valence-electron chi connectivity index (χ2n) is 5.47. The lowest BCUT2D eigenvalue weighted by atomic mass is 10.2. The molecule has 1 aliphatic heterocycles. The number of piperazine rings is 1. The van der Waals surface area contributed by atoms with Crippen molar-refractivity contribution in [3.8, 4) is 0 Å². The van der Waals surface area contributed by atoms with Crippen LogP contribution in [0.1, 0.15) is 15.2 Å². The molecule has 2 aromatic heterocycles. The first-order valence-corrected chi connectivity index (χ1v) is 8.30. The number of thiophene rings is 1. The molecule has 0 unspecified atom stereocenters. The van der Waals surface area contributed by atoms with Gasteiger partial charge in [-0.1, -0.05) is 12.1 Å². The van der Waals surface area contributed by atoms with E-state index in [-0.39, 0.29) is 5.91 Å². The predicted molar refractivity (Wildman–Crippen MR) is 89.4 cm³/mol. The van der Waals surface area contributed by atoms with E-state index in [1.165, 1.54) is 11.3 Å². The largest absolute Gasteiger partial charge is 0.354 e. The highest BCUT2D eigenvalue weighted by molar-refractivity contribution is 7.12. The summed E-state index contributed by atoms with van der Waals surface area (Å²) in [5.41, 5.74) is 1.02. The van der Waals surface area contributed by atoms with Crippen molar-refractivity contribution in [1.82, 2.24) is 15.2 Å². The van der Waals surface area contributed by atoms with Crippen molar-refractivity contribution in [3.05, 3.63) is 46.3 Å². The maximum atomic E-state index is 11.9. The van der Waals surface area contributed by atoms with Crippen LogP contribution in [0, 0.1) is 0 Å². The smallest absolute Gasteiger partial charge is 0.261 e. The highest BCUT2D eigenvalue weighted by Crippen LogP contribution is 2.14. The van der Waals surface area contributed by atoms with Crippen molar-refractivity contribution in [1.29, 1.82) is 0 Å². The van der Waals surface area contributed by atoms with Gasteiger partial charge in [0.05, 0.1) is 4.88 Å². The molecule has 0 radical (unpaired) electrons. The quantitative estimate of drug-likeness (QED) is 0.935. The molecular weight excluding hydrogens is 296 g/mol. The molecule has 1 fully saturated rings. The predicted octanol–water partition coefficient (Wildman–Crippen LogP) is 1.82. The van der Waals surface area contributed by atoms with Gasteiger partial charge in [-0.05, 0) is 30.1 Å². The molecule has 1 aliphatic rings. The van der Waals surface area contributed by atoms with Gasteiger partial charge in [-0.25, -0.2) is 4.98 Å². The van der Waals surface area contributed by atoms with Crippen molar-refractivity contribution in [3.63, 3.8) is 0 Å². The van der Waals surface area contributed by atoms with E-state index in [2.05, 4.69) is 27.1 Å². The van der Waals surface area contributed by atoms with Crippen molar-refractivity contribution in [2.75, 3.05) is 38.1 Å². The fourth-order valence-corrected chi connectivity index (χ4v) is 3.06. The van der Waals surface area contributed by atoms with Crippen LogP contribution in [0.4, 0.5) is 5.82 Å². The van der Waals surface area contributed by atoms with Gasteiger partial charge >= 0.3 is 0 Å². The number of anilines is 1. The Morgan fingerprint density at radius 1 is 1.27 bits per heavy atom. The fraction of sp³-hybridized carbons (Fsp3) is 0.375. The normalized spacial score (nSPS) is 15.8. The summed E-state index contributed by atoms with van der Waals surface area (Å²) >= 11 is 1.45. The van der Waals surface area contributed by atoms with Crippen LogP contribution in [0.3, 0.4) is 0 Å². The van der Waals surface area contributed by atoms with Crippen LogP contribution in [-0.4, -0.2) is 49.0 Å². The van der Waals surface area contributed by atoms with E-state index in [9.17, 15) is 4.79 Å². The lowest BCUT2D eigenvalue weighted by Gasteiger charge is -2.33. The number of hydrogen-bond acceptors (Lipinski definition) is 5. The van der Waals surface area contributed by atoms with E-state index >= 15 is 0 Å². The minimum atomic E-state index is -0.0295. The third kappa shape index (κ3) is 3.64. The van der Waals surface area contributed by atoms with Gasteiger partial charge in [0, 0.05) is 38.9 Å². The van der Waals surface area contributed by atoms with Crippen LogP contribution in [0.2, 0.25) is 0 Å². The molecule has 0 aliphatic carbocycles. The van der Waals surface area contributed by atoms with Gasteiger partial charge in [0.25, 0.3) is 5.91 Å². The second kappa shape index (κ2) is 6.89. The molecule has 0 saturated carbocycles. The molecule has 5 nitrogen and oxygen atoms in total. The number of carbonyl (C=O) groups excluding carboxylic acids is 1. The Labute approximate surface area is 134 Å². The molecule has 3 heterocycles. The van der Waals surface area contributed by atoms with Crippen LogP contribution < -0.4 is 10.2 Å². The SMILES string of the molecule is CN1CCN(c2ccc(CNC(=O)c3cccs3)cn2)CC1. The third-order valence-corrected chi connectivity index (χ3v) is 4.70. The van der Waals surface area contributed by atoms with Gasteiger partial charge < -0.3 is 15.1 Å². The van der Waals surface area contributed by atoms with Gasteiger partial charge in [0.2, 0.25) is 0 Å². The first-order valence-electron chi connectivity index (χ1n) is 7.42. The Balaban J connectivity index is 1.54. The van der Waals surface area contributed by atoms with Gasteiger partial charge in [0.15, 0.2) is 0 Å². The molecule has 1 N–H and O–H groups in total. The zero-order chi connectivity index (χ0) is 15.4. The van der Waals surface area contributed by atoms with Crippen molar-refractivity contribution in [2.45, 2.75) is 6.54 Å². The molecule has 0 bridgehead atoms. The number of likely N-dealkylation sites (N-methyl/N-ethyl adjacent to an activating group) is 1. The Morgan fingerprint density at radius 3 is 2.73 bits per heavy atom. The van der Waals surface area contributed by atoms with Crippen LogP contribution in [0.5, 0.6) is 0 Å². The molecule has 6 heteroatoms. The third-order valence-electron chi connectivity index (χ3n) is 3.83. The highest BCUT2D eigenvalue weighted by atomic mass is 32.1. The van der Waals surface area contributed by atoms with Crippen LogP contribution in [0.15, 0.2) is 35.8 Å². The van der Waals surface area contributed by atoms with E-state index in [1.807, 2.05) is 35.8 Å². The maximum Gasteiger partial charge on any atom is 0.261 e. The van der Waals surface area contributed by atoms with Gasteiger partial charge in [-0.15, -0.1) is 11.3 Å². The Kier molecular flexibility index (Phi) is 4.70. The average Bonchev–Trinajstić information content (AvgIpc) is 3.08. The summed E-state index contributed by atoms with van der Waals surface area (Å²) in [5.74, 6) is 0.986. The fourth-order valence-electron chi connectivity index (χ4n) is 2.42. The van der Waals surface area contributed by atoms with Crippen molar-refractivity contribution >= 4 is 23.1 Å². The molecule has 2 aromatic rings. The summed E-state index contributed by atoms with van der Waals surface area (Å²) in [6.07, 6.45) is 1.85. The standard InChI is InChI=1S/C16H20N4OS/c1-19-6-8-20(9-7-19)15-5-4-13(11-17-15)12-18-16(21)14-3-2-10-22-14/h2-5,10-11H,6-9,12H2,1H3,(H,18,21). The minimum absolute atomic E-state index is 0.0295. The molecular formula is C16H20N4OS. The molecule has 3 rings (SSSR count). The Bertz CT molecular complexity index is 604. The summed E-state index contributed by atoms with van der Waals surface area (Å²) in [6, 6.07) is 7.79. The molecule has 0 atom stereocenters. The number of nitrogens with one attached hydrogen (secondary N) is 1. The first kappa shape index (κ1) is 15.0. The van der Waals surface area contributed by atoms with E-state index in [4.69, 9.17) is 0 Å². The summed E-state index contributed by atoms with van der Waals surface area (Å²) in [4.78, 5) is 21.8. The average molecular weight is 316 g/mol. The van der Waals surface area contributed by atoms with Gasteiger partial charge in [-0.3, -0.25) is 4.79 Å². The number of amides is 1. The van der Waals surface area contributed by atoms with Crippen molar-refractivity contribution in [2.24, 2.45) is 0 Å². The molecule has 1 amide bonds. The number of hydrogen-bond donors (Lipinski definition) is 1. The van der Waals surface area contributed by atoms with Crippen LogP contribution >= 0.6 is 11.3 Å². The van der Waals surface area contributed by atoms with E-state index in [0.717, 1.165) is 42.4 Å². The minimum Gasteiger partial charge on any atom is -0.354 e. The zero-order valence-electron chi connectivity index (χ0n) is 12.7. The first-order chi connectivity index (χ1) is 10.7. The number of pyridine rings is 1. The summed E-state index contributed by atoms with van der Waals surface area (Å²) < 4.78 is 0. The number of aromatic nitrogens is 1. The van der Waals surface area contributed by atoms with E-state index in [1.54, 1.807) is 0 Å². The number of nitrogens with zero attached hydrogens (tertiary/aromatic N) is 3. The number of rotatable bonds is 4. The van der Waals surface area contributed by atoms with Crippen molar-refractivity contribution < 1.29 is 4.79 Å². The lowest BCUT2D eigenvalue weighted by molar-refractivity contribution is 0.0955.